The van der Waals surface area contributed by atoms with Crippen molar-refractivity contribution in [2.45, 2.75) is 26.2 Å². The van der Waals surface area contributed by atoms with Gasteiger partial charge in [-0.3, -0.25) is 4.90 Å². The molecule has 3 nitrogen and oxygen atoms in total. The molecule has 1 aliphatic heterocycles. The third kappa shape index (κ3) is 2.35. The molecule has 0 aromatic heterocycles. The lowest BCUT2D eigenvalue weighted by molar-refractivity contribution is 0.252. The van der Waals surface area contributed by atoms with Crippen molar-refractivity contribution >= 4 is 11.7 Å². The van der Waals surface area contributed by atoms with Gasteiger partial charge in [-0.1, -0.05) is 25.5 Å². The van der Waals surface area contributed by atoms with Crippen molar-refractivity contribution in [2.75, 3.05) is 18.0 Å². The standard InChI is InChI=1S/C13H18N2O/c1-2-3-4-11-5-7-12(8-6-11)15-10-9-14-13(15)16/h5-8H,2-4,9-10H2,1H3,(H,14,16). The molecule has 0 spiro atoms. The molecule has 1 N–H and O–H groups in total. The van der Waals surface area contributed by atoms with E-state index in [1.807, 2.05) is 12.1 Å². The van der Waals surface area contributed by atoms with Crippen LogP contribution in [0.1, 0.15) is 25.3 Å². The number of urea groups is 1. The summed E-state index contributed by atoms with van der Waals surface area (Å²) < 4.78 is 0. The molecule has 1 aliphatic rings. The first-order chi connectivity index (χ1) is 7.81. The van der Waals surface area contributed by atoms with Crippen LogP contribution in [0, 0.1) is 0 Å². The zero-order valence-electron chi connectivity index (χ0n) is 9.70. The molecular formula is C13H18N2O. The van der Waals surface area contributed by atoms with E-state index in [0.29, 0.717) is 0 Å². The fourth-order valence-corrected chi connectivity index (χ4v) is 1.94. The maximum absolute atomic E-state index is 11.4. The zero-order chi connectivity index (χ0) is 11.4. The Bertz CT molecular complexity index is 359. The summed E-state index contributed by atoms with van der Waals surface area (Å²) in [6.07, 6.45) is 3.57. The Hall–Kier alpha value is -1.51. The number of carbonyl (C=O) groups is 1. The number of carbonyl (C=O) groups excluding carboxylic acids is 1. The lowest BCUT2D eigenvalue weighted by Crippen LogP contribution is -2.27. The van der Waals surface area contributed by atoms with Crippen LogP contribution >= 0.6 is 0 Å². The van der Waals surface area contributed by atoms with E-state index in [1.54, 1.807) is 4.90 Å². The minimum absolute atomic E-state index is 0.0151. The summed E-state index contributed by atoms with van der Waals surface area (Å²) in [7, 11) is 0. The average Bonchev–Trinajstić information content (AvgIpc) is 2.74. The zero-order valence-corrected chi connectivity index (χ0v) is 9.70. The highest BCUT2D eigenvalue weighted by Gasteiger charge is 2.20. The molecule has 1 aromatic rings. The van der Waals surface area contributed by atoms with Gasteiger partial charge in [0.25, 0.3) is 0 Å². The second-order valence-corrected chi connectivity index (χ2v) is 4.15. The molecule has 0 atom stereocenters. The molecule has 1 heterocycles. The minimum atomic E-state index is 0.0151. The topological polar surface area (TPSA) is 32.3 Å². The fraction of sp³-hybridized carbons (Fsp3) is 0.462. The summed E-state index contributed by atoms with van der Waals surface area (Å²) in [5.41, 5.74) is 2.35. The largest absolute Gasteiger partial charge is 0.336 e. The molecule has 16 heavy (non-hydrogen) atoms. The lowest BCUT2D eigenvalue weighted by atomic mass is 10.1. The van der Waals surface area contributed by atoms with Crippen LogP contribution in [-0.4, -0.2) is 19.1 Å². The summed E-state index contributed by atoms with van der Waals surface area (Å²) in [6.45, 7) is 3.71. The second-order valence-electron chi connectivity index (χ2n) is 4.15. The molecular weight excluding hydrogens is 200 g/mol. The Morgan fingerprint density at radius 3 is 2.62 bits per heavy atom. The van der Waals surface area contributed by atoms with Crippen LogP contribution in [-0.2, 0) is 6.42 Å². The van der Waals surface area contributed by atoms with Crippen LogP contribution in [0.3, 0.4) is 0 Å². The molecule has 1 fully saturated rings. The maximum atomic E-state index is 11.4. The SMILES string of the molecule is CCCCc1ccc(N2CCNC2=O)cc1. The molecule has 0 aliphatic carbocycles. The molecule has 86 valence electrons. The second kappa shape index (κ2) is 5.01. The van der Waals surface area contributed by atoms with Crippen molar-refractivity contribution in [2.24, 2.45) is 0 Å². The van der Waals surface area contributed by atoms with Crippen LogP contribution in [0.4, 0.5) is 10.5 Å². The molecule has 3 heteroatoms. The van der Waals surface area contributed by atoms with Crippen molar-refractivity contribution in [1.82, 2.24) is 5.32 Å². The van der Waals surface area contributed by atoms with E-state index in [2.05, 4.69) is 24.4 Å². The minimum Gasteiger partial charge on any atom is -0.336 e. The normalized spacial score (nSPS) is 15.3. The van der Waals surface area contributed by atoms with Crippen LogP contribution in [0.2, 0.25) is 0 Å². The van der Waals surface area contributed by atoms with E-state index in [1.165, 1.54) is 18.4 Å². The summed E-state index contributed by atoms with van der Waals surface area (Å²) in [4.78, 5) is 13.2. The van der Waals surface area contributed by atoms with Crippen LogP contribution < -0.4 is 10.2 Å². The van der Waals surface area contributed by atoms with Gasteiger partial charge in [-0.05, 0) is 30.5 Å². The highest BCUT2D eigenvalue weighted by Crippen LogP contribution is 2.18. The molecule has 0 unspecified atom stereocenters. The quantitative estimate of drug-likeness (QED) is 0.827. The van der Waals surface area contributed by atoms with Gasteiger partial charge in [0.15, 0.2) is 0 Å². The Balaban J connectivity index is 2.04. The number of hydrogen-bond donors (Lipinski definition) is 1. The van der Waals surface area contributed by atoms with Crippen LogP contribution in [0.25, 0.3) is 0 Å². The van der Waals surface area contributed by atoms with Gasteiger partial charge in [-0.25, -0.2) is 4.79 Å². The number of hydrogen-bond acceptors (Lipinski definition) is 1. The molecule has 2 rings (SSSR count). The van der Waals surface area contributed by atoms with E-state index in [0.717, 1.165) is 25.2 Å². The van der Waals surface area contributed by atoms with Crippen molar-refractivity contribution in [3.05, 3.63) is 29.8 Å². The van der Waals surface area contributed by atoms with Gasteiger partial charge in [-0.15, -0.1) is 0 Å². The highest BCUT2D eigenvalue weighted by molar-refractivity contribution is 5.93. The number of nitrogens with zero attached hydrogens (tertiary/aromatic N) is 1. The molecule has 1 aromatic carbocycles. The molecule has 1 saturated heterocycles. The maximum Gasteiger partial charge on any atom is 0.321 e. The first-order valence-electron chi connectivity index (χ1n) is 5.95. The Labute approximate surface area is 96.5 Å². The predicted octanol–water partition coefficient (Wildman–Crippen LogP) is 2.56. The van der Waals surface area contributed by atoms with E-state index in [9.17, 15) is 4.79 Å². The molecule has 0 radical (unpaired) electrons. The van der Waals surface area contributed by atoms with Gasteiger partial charge in [0.2, 0.25) is 0 Å². The Morgan fingerprint density at radius 2 is 2.06 bits per heavy atom. The summed E-state index contributed by atoms with van der Waals surface area (Å²) in [6, 6.07) is 8.33. The van der Waals surface area contributed by atoms with Crippen LogP contribution in [0.15, 0.2) is 24.3 Å². The van der Waals surface area contributed by atoms with Crippen molar-refractivity contribution < 1.29 is 4.79 Å². The monoisotopic (exact) mass is 218 g/mol. The van der Waals surface area contributed by atoms with Gasteiger partial charge < -0.3 is 5.32 Å². The number of aryl methyl sites for hydroxylation is 1. The van der Waals surface area contributed by atoms with Crippen LogP contribution in [0.5, 0.6) is 0 Å². The van der Waals surface area contributed by atoms with Gasteiger partial charge in [0.05, 0.1) is 0 Å². The number of anilines is 1. The number of rotatable bonds is 4. The van der Waals surface area contributed by atoms with E-state index in [-0.39, 0.29) is 6.03 Å². The van der Waals surface area contributed by atoms with Gasteiger partial charge in [-0.2, -0.15) is 0 Å². The Kier molecular flexibility index (Phi) is 3.44. The van der Waals surface area contributed by atoms with Gasteiger partial charge >= 0.3 is 6.03 Å². The third-order valence-corrected chi connectivity index (χ3v) is 2.92. The number of nitrogens with one attached hydrogen (secondary N) is 1. The summed E-state index contributed by atoms with van der Waals surface area (Å²) in [5, 5.41) is 2.80. The highest BCUT2D eigenvalue weighted by atomic mass is 16.2. The van der Waals surface area contributed by atoms with Crippen molar-refractivity contribution in [3.63, 3.8) is 0 Å². The first-order valence-corrected chi connectivity index (χ1v) is 5.95. The van der Waals surface area contributed by atoms with Crippen molar-refractivity contribution in [3.8, 4) is 0 Å². The molecule has 0 saturated carbocycles. The number of amides is 2. The van der Waals surface area contributed by atoms with E-state index >= 15 is 0 Å². The third-order valence-electron chi connectivity index (χ3n) is 2.92. The predicted molar refractivity (Wildman–Crippen MR) is 65.8 cm³/mol. The smallest absolute Gasteiger partial charge is 0.321 e. The van der Waals surface area contributed by atoms with Crippen molar-refractivity contribution in [1.29, 1.82) is 0 Å². The first kappa shape index (κ1) is 11.0. The number of benzene rings is 1. The molecule has 2 amide bonds. The van der Waals surface area contributed by atoms with E-state index < -0.39 is 0 Å². The summed E-state index contributed by atoms with van der Waals surface area (Å²) in [5.74, 6) is 0. The van der Waals surface area contributed by atoms with E-state index in [4.69, 9.17) is 0 Å². The number of unbranched alkanes of at least 4 members (excludes halogenated alkanes) is 1. The lowest BCUT2D eigenvalue weighted by Gasteiger charge is -2.14. The van der Waals surface area contributed by atoms with Gasteiger partial charge in [0.1, 0.15) is 0 Å². The average molecular weight is 218 g/mol. The Morgan fingerprint density at radius 1 is 1.31 bits per heavy atom. The fourth-order valence-electron chi connectivity index (χ4n) is 1.94. The van der Waals surface area contributed by atoms with Gasteiger partial charge in [0, 0.05) is 18.8 Å². The molecule has 0 bridgehead atoms. The summed E-state index contributed by atoms with van der Waals surface area (Å²) >= 11 is 0.